The SMILES string of the molecule is C/C=C\C(=O)c1c(C)ccc(C)c1C. The van der Waals surface area contributed by atoms with Crippen LogP contribution in [0.1, 0.15) is 34.0 Å². The Balaban J connectivity index is 3.32. The van der Waals surface area contributed by atoms with E-state index >= 15 is 0 Å². The monoisotopic (exact) mass is 188 g/mol. The van der Waals surface area contributed by atoms with Crippen molar-refractivity contribution < 1.29 is 4.79 Å². The summed E-state index contributed by atoms with van der Waals surface area (Å²) in [6.07, 6.45) is 3.40. The summed E-state index contributed by atoms with van der Waals surface area (Å²) in [4.78, 5) is 11.8. The molecule has 1 nitrogen and oxygen atoms in total. The van der Waals surface area contributed by atoms with Crippen LogP contribution >= 0.6 is 0 Å². The van der Waals surface area contributed by atoms with E-state index in [9.17, 15) is 4.79 Å². The van der Waals surface area contributed by atoms with Gasteiger partial charge >= 0.3 is 0 Å². The molecule has 0 heterocycles. The molecule has 74 valence electrons. The summed E-state index contributed by atoms with van der Waals surface area (Å²) in [5, 5.41) is 0. The van der Waals surface area contributed by atoms with Gasteiger partial charge in [-0.05, 0) is 50.5 Å². The maximum absolute atomic E-state index is 11.8. The van der Waals surface area contributed by atoms with E-state index in [-0.39, 0.29) is 5.78 Å². The van der Waals surface area contributed by atoms with Crippen molar-refractivity contribution in [2.24, 2.45) is 0 Å². The molecule has 1 rings (SSSR count). The number of allylic oxidation sites excluding steroid dienone is 2. The van der Waals surface area contributed by atoms with Gasteiger partial charge in [0.25, 0.3) is 0 Å². The third-order valence-electron chi connectivity index (χ3n) is 2.51. The highest BCUT2D eigenvalue weighted by atomic mass is 16.1. The van der Waals surface area contributed by atoms with Gasteiger partial charge in [0.1, 0.15) is 0 Å². The van der Waals surface area contributed by atoms with Crippen LogP contribution in [0.25, 0.3) is 0 Å². The molecule has 0 atom stereocenters. The van der Waals surface area contributed by atoms with E-state index in [1.807, 2.05) is 33.8 Å². The van der Waals surface area contributed by atoms with E-state index in [0.29, 0.717) is 0 Å². The van der Waals surface area contributed by atoms with Crippen LogP contribution in [0, 0.1) is 20.8 Å². The maximum Gasteiger partial charge on any atom is 0.186 e. The molecule has 0 aromatic heterocycles. The maximum atomic E-state index is 11.8. The summed E-state index contributed by atoms with van der Waals surface area (Å²) in [7, 11) is 0. The van der Waals surface area contributed by atoms with Crippen molar-refractivity contribution >= 4 is 5.78 Å². The fourth-order valence-corrected chi connectivity index (χ4v) is 1.57. The summed E-state index contributed by atoms with van der Waals surface area (Å²) < 4.78 is 0. The van der Waals surface area contributed by atoms with Crippen molar-refractivity contribution in [3.63, 3.8) is 0 Å². The molecule has 0 aliphatic rings. The lowest BCUT2D eigenvalue weighted by Gasteiger charge is -2.08. The van der Waals surface area contributed by atoms with Crippen LogP contribution in [-0.2, 0) is 0 Å². The number of rotatable bonds is 2. The minimum atomic E-state index is 0.103. The van der Waals surface area contributed by atoms with Crippen molar-refractivity contribution in [1.82, 2.24) is 0 Å². The van der Waals surface area contributed by atoms with Crippen LogP contribution in [0.4, 0.5) is 0 Å². The molecule has 0 amide bonds. The van der Waals surface area contributed by atoms with E-state index in [2.05, 4.69) is 6.07 Å². The molecule has 0 fully saturated rings. The smallest absolute Gasteiger partial charge is 0.186 e. The number of carbonyl (C=O) groups excluding carboxylic acids is 1. The van der Waals surface area contributed by atoms with Crippen LogP contribution in [-0.4, -0.2) is 5.78 Å². The van der Waals surface area contributed by atoms with Crippen molar-refractivity contribution in [3.05, 3.63) is 46.5 Å². The zero-order valence-corrected chi connectivity index (χ0v) is 9.22. The molecule has 14 heavy (non-hydrogen) atoms. The van der Waals surface area contributed by atoms with Crippen LogP contribution in [0.2, 0.25) is 0 Å². The van der Waals surface area contributed by atoms with Gasteiger partial charge < -0.3 is 0 Å². The minimum Gasteiger partial charge on any atom is -0.289 e. The molecular weight excluding hydrogens is 172 g/mol. The number of aryl methyl sites for hydroxylation is 2. The number of benzene rings is 1. The normalized spacial score (nSPS) is 10.9. The third-order valence-corrected chi connectivity index (χ3v) is 2.51. The summed E-state index contributed by atoms with van der Waals surface area (Å²) in [6, 6.07) is 4.05. The van der Waals surface area contributed by atoms with Crippen LogP contribution < -0.4 is 0 Å². The van der Waals surface area contributed by atoms with E-state index < -0.39 is 0 Å². The average molecular weight is 188 g/mol. The molecule has 1 aromatic carbocycles. The average Bonchev–Trinajstić information content (AvgIpc) is 2.13. The Labute approximate surface area is 85.5 Å². The lowest BCUT2D eigenvalue weighted by molar-refractivity contribution is 0.104. The molecule has 0 aliphatic heterocycles. The predicted molar refractivity (Wildman–Crippen MR) is 59.8 cm³/mol. The first-order chi connectivity index (χ1) is 6.57. The van der Waals surface area contributed by atoms with E-state index in [1.54, 1.807) is 12.2 Å². The van der Waals surface area contributed by atoms with Gasteiger partial charge in [0, 0.05) is 5.56 Å². The Hall–Kier alpha value is -1.37. The molecule has 1 aromatic rings. The van der Waals surface area contributed by atoms with E-state index in [4.69, 9.17) is 0 Å². The molecule has 0 N–H and O–H groups in total. The Kier molecular flexibility index (Phi) is 3.23. The van der Waals surface area contributed by atoms with Crippen molar-refractivity contribution in [2.75, 3.05) is 0 Å². The summed E-state index contributed by atoms with van der Waals surface area (Å²) in [6.45, 7) is 7.86. The molecule has 0 saturated carbocycles. The summed E-state index contributed by atoms with van der Waals surface area (Å²) >= 11 is 0. The lowest BCUT2D eigenvalue weighted by Crippen LogP contribution is -2.02. The largest absolute Gasteiger partial charge is 0.289 e. The van der Waals surface area contributed by atoms with Crippen molar-refractivity contribution in [1.29, 1.82) is 0 Å². The number of hydrogen-bond donors (Lipinski definition) is 0. The zero-order valence-electron chi connectivity index (χ0n) is 9.22. The van der Waals surface area contributed by atoms with E-state index in [0.717, 1.165) is 16.7 Å². The first-order valence-electron chi connectivity index (χ1n) is 4.81. The highest BCUT2D eigenvalue weighted by Crippen LogP contribution is 2.18. The Bertz CT molecular complexity index is 386. The number of ketones is 1. The lowest BCUT2D eigenvalue weighted by atomic mass is 9.95. The molecule has 0 spiro atoms. The topological polar surface area (TPSA) is 17.1 Å². The van der Waals surface area contributed by atoms with Gasteiger partial charge in [-0.25, -0.2) is 0 Å². The Morgan fingerprint density at radius 1 is 1.14 bits per heavy atom. The van der Waals surface area contributed by atoms with Gasteiger partial charge in [0.15, 0.2) is 5.78 Å². The molecule has 0 saturated heterocycles. The summed E-state index contributed by atoms with van der Waals surface area (Å²) in [5.74, 6) is 0.103. The second kappa shape index (κ2) is 4.23. The molecular formula is C13H16O. The molecule has 0 bridgehead atoms. The zero-order chi connectivity index (χ0) is 10.7. The van der Waals surface area contributed by atoms with Crippen molar-refractivity contribution in [2.45, 2.75) is 27.7 Å². The number of hydrogen-bond acceptors (Lipinski definition) is 1. The number of carbonyl (C=O) groups is 1. The second-order valence-corrected chi connectivity index (χ2v) is 3.56. The minimum absolute atomic E-state index is 0.103. The third kappa shape index (κ3) is 1.92. The first kappa shape index (κ1) is 10.7. The van der Waals surface area contributed by atoms with Crippen LogP contribution in [0.5, 0.6) is 0 Å². The molecule has 0 unspecified atom stereocenters. The fraction of sp³-hybridized carbons (Fsp3) is 0.308. The second-order valence-electron chi connectivity index (χ2n) is 3.56. The standard InChI is InChI=1S/C13H16O/c1-5-6-12(14)13-10(3)8-7-9(2)11(13)4/h5-8H,1-4H3/b6-5-. The highest BCUT2D eigenvalue weighted by molar-refractivity contribution is 6.06. The summed E-state index contributed by atoms with van der Waals surface area (Å²) in [5.41, 5.74) is 4.16. The predicted octanol–water partition coefficient (Wildman–Crippen LogP) is 3.37. The van der Waals surface area contributed by atoms with Crippen LogP contribution in [0.15, 0.2) is 24.3 Å². The van der Waals surface area contributed by atoms with Gasteiger partial charge in [-0.3, -0.25) is 4.79 Å². The van der Waals surface area contributed by atoms with Crippen molar-refractivity contribution in [3.8, 4) is 0 Å². The molecule has 0 aliphatic carbocycles. The Morgan fingerprint density at radius 2 is 1.71 bits per heavy atom. The molecule has 0 radical (unpaired) electrons. The van der Waals surface area contributed by atoms with Gasteiger partial charge in [-0.15, -0.1) is 0 Å². The van der Waals surface area contributed by atoms with Gasteiger partial charge in [0.2, 0.25) is 0 Å². The first-order valence-corrected chi connectivity index (χ1v) is 4.81. The highest BCUT2D eigenvalue weighted by Gasteiger charge is 2.10. The quantitative estimate of drug-likeness (QED) is 0.513. The van der Waals surface area contributed by atoms with Gasteiger partial charge in [0.05, 0.1) is 0 Å². The van der Waals surface area contributed by atoms with Gasteiger partial charge in [-0.1, -0.05) is 18.2 Å². The fourth-order valence-electron chi connectivity index (χ4n) is 1.57. The van der Waals surface area contributed by atoms with Crippen LogP contribution in [0.3, 0.4) is 0 Å². The molecule has 1 heteroatoms. The van der Waals surface area contributed by atoms with Gasteiger partial charge in [-0.2, -0.15) is 0 Å². The Morgan fingerprint density at radius 3 is 2.29 bits per heavy atom. The van der Waals surface area contributed by atoms with E-state index in [1.165, 1.54) is 5.56 Å².